The topological polar surface area (TPSA) is 0 Å². The first-order valence-corrected chi connectivity index (χ1v) is 6.43. The molecule has 0 aromatic rings. The summed E-state index contributed by atoms with van der Waals surface area (Å²) in [4.78, 5) is 0. The lowest BCUT2D eigenvalue weighted by atomic mass is 9.85. The quantitative estimate of drug-likeness (QED) is 0.505. The van der Waals surface area contributed by atoms with E-state index in [9.17, 15) is 0 Å². The fraction of sp³-hybridized carbons (Fsp3) is 1.00. The normalized spacial score (nSPS) is 15.2. The monoisotopic (exact) mass is 214 g/mol. The van der Waals surface area contributed by atoms with Gasteiger partial charge in [0.15, 0.2) is 0 Å². The van der Waals surface area contributed by atoms with Crippen LogP contribution in [0.5, 0.6) is 0 Å². The van der Waals surface area contributed by atoms with Gasteiger partial charge in [0.2, 0.25) is 0 Å². The molecule has 2 unspecified atom stereocenters. The van der Waals surface area contributed by atoms with Gasteiger partial charge in [-0.25, -0.2) is 0 Å². The van der Waals surface area contributed by atoms with Crippen LogP contribution in [-0.4, -0.2) is 0 Å². The summed E-state index contributed by atoms with van der Waals surface area (Å²) in [5.74, 6) is 3.57. The van der Waals surface area contributed by atoms with E-state index in [1.807, 2.05) is 0 Å². The van der Waals surface area contributed by atoms with Crippen LogP contribution in [0.1, 0.15) is 74.7 Å². The smallest absolute Gasteiger partial charge is 0.0417 e. The summed E-state index contributed by atoms with van der Waals surface area (Å²) < 4.78 is 0. The summed E-state index contributed by atoms with van der Waals surface area (Å²) in [5, 5.41) is 0. The van der Waals surface area contributed by atoms with Crippen LogP contribution in [0.3, 0.4) is 0 Å². The predicted molar refractivity (Wildman–Crippen MR) is 73.2 cm³/mol. The fourth-order valence-electron chi connectivity index (χ4n) is 1.76. The molecule has 0 heterocycles. The third-order valence-corrected chi connectivity index (χ3v) is 3.37. The van der Waals surface area contributed by atoms with Crippen molar-refractivity contribution in [2.24, 2.45) is 23.7 Å². The molecule has 0 amide bonds. The lowest BCUT2D eigenvalue weighted by Gasteiger charge is -2.21. The third kappa shape index (κ3) is 10.3. The number of rotatable bonds is 7. The van der Waals surface area contributed by atoms with Gasteiger partial charge in [-0.3, -0.25) is 0 Å². The summed E-state index contributed by atoms with van der Waals surface area (Å²) in [7, 11) is 0. The summed E-state index contributed by atoms with van der Waals surface area (Å²) >= 11 is 0. The molecule has 0 aliphatic carbocycles. The van der Waals surface area contributed by atoms with Gasteiger partial charge in [-0.2, -0.15) is 0 Å². The zero-order chi connectivity index (χ0) is 11.1. The molecule has 0 rings (SSSR count). The largest absolute Gasteiger partial charge is 0.0776 e. The maximum Gasteiger partial charge on any atom is -0.0417 e. The molecule has 0 radical (unpaired) electrons. The van der Waals surface area contributed by atoms with Crippen molar-refractivity contribution in [3.8, 4) is 0 Å². The second-order valence-electron chi connectivity index (χ2n) is 5.90. The Bertz CT molecular complexity index is 108. The van der Waals surface area contributed by atoms with E-state index in [1.165, 1.54) is 25.7 Å². The van der Waals surface area contributed by atoms with Crippen LogP contribution in [0.15, 0.2) is 0 Å². The molecule has 0 bridgehead atoms. The van der Waals surface area contributed by atoms with Crippen molar-refractivity contribution < 1.29 is 0 Å². The van der Waals surface area contributed by atoms with Crippen LogP contribution >= 0.6 is 0 Å². The summed E-state index contributed by atoms with van der Waals surface area (Å²) in [6, 6.07) is 0. The minimum atomic E-state index is 0. The maximum atomic E-state index is 2.42. The molecule has 0 saturated heterocycles. The Morgan fingerprint density at radius 1 is 0.533 bits per heavy atom. The standard InChI is InChI=1S/C14H30.CH4/c1-11(2)7-9-13(5)14(6)10-8-12(3)4;/h11-14H,7-10H2,1-6H3;1H4. The Morgan fingerprint density at radius 2 is 0.800 bits per heavy atom. The molecular weight excluding hydrogens is 180 g/mol. The first kappa shape index (κ1) is 17.4. The van der Waals surface area contributed by atoms with Gasteiger partial charge in [-0.1, -0.05) is 74.7 Å². The zero-order valence-electron chi connectivity index (χ0n) is 11.1. The van der Waals surface area contributed by atoms with Crippen molar-refractivity contribution in [3.05, 3.63) is 0 Å². The molecule has 0 aromatic carbocycles. The molecule has 0 heteroatoms. The van der Waals surface area contributed by atoms with Gasteiger partial charge in [0, 0.05) is 0 Å². The van der Waals surface area contributed by atoms with E-state index in [4.69, 9.17) is 0 Å². The molecule has 0 nitrogen and oxygen atoms in total. The Kier molecular flexibility index (Phi) is 10.7. The average Bonchev–Trinajstić information content (AvgIpc) is 2.09. The SMILES string of the molecule is C.CC(C)CCC(C)C(C)CCC(C)C. The van der Waals surface area contributed by atoms with Crippen LogP contribution in [0, 0.1) is 23.7 Å². The van der Waals surface area contributed by atoms with Crippen LogP contribution in [-0.2, 0) is 0 Å². The van der Waals surface area contributed by atoms with Gasteiger partial charge in [0.25, 0.3) is 0 Å². The van der Waals surface area contributed by atoms with E-state index in [2.05, 4.69) is 41.5 Å². The van der Waals surface area contributed by atoms with Crippen molar-refractivity contribution in [2.75, 3.05) is 0 Å². The van der Waals surface area contributed by atoms with Crippen molar-refractivity contribution in [3.63, 3.8) is 0 Å². The van der Waals surface area contributed by atoms with Gasteiger partial charge < -0.3 is 0 Å². The molecule has 0 aliphatic rings. The lowest BCUT2D eigenvalue weighted by Crippen LogP contribution is -2.10. The molecule has 0 fully saturated rings. The first-order valence-electron chi connectivity index (χ1n) is 6.43. The number of hydrogen-bond donors (Lipinski definition) is 0. The van der Waals surface area contributed by atoms with Gasteiger partial charge in [0.05, 0.1) is 0 Å². The van der Waals surface area contributed by atoms with E-state index in [-0.39, 0.29) is 7.43 Å². The van der Waals surface area contributed by atoms with Crippen LogP contribution in [0.2, 0.25) is 0 Å². The summed E-state index contributed by atoms with van der Waals surface area (Å²) in [5.41, 5.74) is 0. The molecule has 0 N–H and O–H groups in total. The molecule has 15 heavy (non-hydrogen) atoms. The van der Waals surface area contributed by atoms with Crippen LogP contribution in [0.25, 0.3) is 0 Å². The minimum absolute atomic E-state index is 0. The highest BCUT2D eigenvalue weighted by atomic mass is 14.2. The van der Waals surface area contributed by atoms with E-state index >= 15 is 0 Å². The summed E-state index contributed by atoms with van der Waals surface area (Å²) in [6.45, 7) is 14.1. The van der Waals surface area contributed by atoms with Gasteiger partial charge in [-0.15, -0.1) is 0 Å². The Balaban J connectivity index is 0. The Labute approximate surface area is 98.9 Å². The average molecular weight is 214 g/mol. The van der Waals surface area contributed by atoms with Crippen LogP contribution < -0.4 is 0 Å². The van der Waals surface area contributed by atoms with Crippen molar-refractivity contribution in [1.82, 2.24) is 0 Å². The molecular formula is C15H34. The Hall–Kier alpha value is 0. The second-order valence-corrected chi connectivity index (χ2v) is 5.90. The predicted octanol–water partition coefficient (Wildman–Crippen LogP) is 5.77. The van der Waals surface area contributed by atoms with Gasteiger partial charge in [0.1, 0.15) is 0 Å². The fourth-order valence-corrected chi connectivity index (χ4v) is 1.76. The second kappa shape index (κ2) is 9.24. The maximum absolute atomic E-state index is 2.42. The zero-order valence-corrected chi connectivity index (χ0v) is 11.1. The van der Waals surface area contributed by atoms with Crippen molar-refractivity contribution in [2.45, 2.75) is 74.7 Å². The highest BCUT2D eigenvalue weighted by Gasteiger charge is 2.12. The molecule has 2 atom stereocenters. The number of hydrogen-bond acceptors (Lipinski definition) is 0. The molecule has 94 valence electrons. The Morgan fingerprint density at radius 3 is 1.00 bits per heavy atom. The molecule has 0 spiro atoms. The lowest BCUT2D eigenvalue weighted by molar-refractivity contribution is 0.303. The van der Waals surface area contributed by atoms with Crippen molar-refractivity contribution in [1.29, 1.82) is 0 Å². The van der Waals surface area contributed by atoms with Crippen molar-refractivity contribution >= 4 is 0 Å². The van der Waals surface area contributed by atoms with E-state index in [0.29, 0.717) is 0 Å². The third-order valence-electron chi connectivity index (χ3n) is 3.37. The highest BCUT2D eigenvalue weighted by molar-refractivity contribution is 4.64. The van der Waals surface area contributed by atoms with E-state index in [1.54, 1.807) is 0 Å². The molecule has 0 aliphatic heterocycles. The van der Waals surface area contributed by atoms with E-state index in [0.717, 1.165) is 23.7 Å². The highest BCUT2D eigenvalue weighted by Crippen LogP contribution is 2.24. The summed E-state index contributed by atoms with van der Waals surface area (Å²) in [6.07, 6.45) is 5.62. The van der Waals surface area contributed by atoms with Gasteiger partial charge >= 0.3 is 0 Å². The molecule has 0 saturated carbocycles. The van der Waals surface area contributed by atoms with Crippen LogP contribution in [0.4, 0.5) is 0 Å². The van der Waals surface area contributed by atoms with Gasteiger partial charge in [-0.05, 0) is 23.7 Å². The molecule has 0 aromatic heterocycles. The van der Waals surface area contributed by atoms with E-state index < -0.39 is 0 Å². The minimum Gasteiger partial charge on any atom is -0.0776 e. The first-order chi connectivity index (χ1) is 6.43.